The molecule has 0 aliphatic heterocycles. The van der Waals surface area contributed by atoms with Crippen LogP contribution >= 0.6 is 11.8 Å². The first-order valence-electron chi connectivity index (χ1n) is 17.4. The Labute approximate surface area is 298 Å². The first kappa shape index (κ1) is 44.0. The number of hydrogen-bond donors (Lipinski definition) is 0. The van der Waals surface area contributed by atoms with E-state index in [0.29, 0.717) is 50.4 Å². The molecule has 0 saturated heterocycles. The van der Waals surface area contributed by atoms with Crippen molar-refractivity contribution in [3.63, 3.8) is 0 Å². The fourth-order valence-corrected chi connectivity index (χ4v) is 18.7. The van der Waals surface area contributed by atoms with Crippen molar-refractivity contribution in [1.29, 1.82) is 0 Å². The average molecular weight is 739 g/mol. The molecule has 0 unspecified atom stereocenters. The van der Waals surface area contributed by atoms with E-state index in [1.54, 1.807) is 42.4 Å². The van der Waals surface area contributed by atoms with Crippen molar-refractivity contribution in [2.45, 2.75) is 130 Å². The largest absolute Gasteiger partial charge is 0.542 e. The van der Waals surface area contributed by atoms with Gasteiger partial charge in [-0.05, 0) is 63.3 Å². The summed E-state index contributed by atoms with van der Waals surface area (Å²) in [5.74, 6) is 1.94. The maximum Gasteiger partial charge on any atom is 0.258 e. The van der Waals surface area contributed by atoms with Crippen LogP contribution in [0.15, 0.2) is 36.7 Å². The number of carbonyl (C=O) groups excluding carboxylic acids is 2. The molecular weight excluding hydrogens is 677 g/mol. The summed E-state index contributed by atoms with van der Waals surface area (Å²) in [5, 5.41) is 0. The van der Waals surface area contributed by atoms with Crippen molar-refractivity contribution in [3.05, 3.63) is 48.0 Å². The minimum Gasteiger partial charge on any atom is -0.542 e. The Kier molecular flexibility index (Phi) is 17.8. The van der Waals surface area contributed by atoms with Gasteiger partial charge < -0.3 is 8.85 Å². The van der Waals surface area contributed by atoms with Gasteiger partial charge in [-0.2, -0.15) is 11.8 Å². The zero-order valence-corrected chi connectivity index (χ0v) is 35.6. The predicted octanol–water partition coefficient (Wildman–Crippen LogP) is 9.82. The Morgan fingerprint density at radius 2 is 1.00 bits per heavy atom. The van der Waals surface area contributed by atoms with E-state index in [2.05, 4.69) is 100.0 Å². The summed E-state index contributed by atoms with van der Waals surface area (Å²) < 4.78 is 36.2. The SMILES string of the molecule is CCS(=O)(=O)CC(=O)c1ccc(O[Si](C(C)C)(C(C)C)C(C)C)cn1.CCSCC(=O)c1ccc(O[Si](C(C)C)(C(C)C)C(C)C)cn1. The van der Waals surface area contributed by atoms with E-state index >= 15 is 0 Å². The molecular formula is C36H62N2O6S2Si2. The summed E-state index contributed by atoms with van der Waals surface area (Å²) in [7, 11) is -7.39. The number of carbonyl (C=O) groups is 2. The predicted molar refractivity (Wildman–Crippen MR) is 208 cm³/mol. The number of nitrogens with zero attached hydrogens (tertiary/aromatic N) is 2. The van der Waals surface area contributed by atoms with Crippen LogP contribution < -0.4 is 8.85 Å². The van der Waals surface area contributed by atoms with Gasteiger partial charge in [0, 0.05) is 5.75 Å². The Bertz CT molecular complexity index is 1350. The highest BCUT2D eigenvalue weighted by Gasteiger charge is 2.48. The Morgan fingerprint density at radius 1 is 0.646 bits per heavy atom. The van der Waals surface area contributed by atoms with Crippen molar-refractivity contribution in [2.24, 2.45) is 0 Å². The van der Waals surface area contributed by atoms with Crippen LogP contribution in [0.2, 0.25) is 33.2 Å². The molecule has 0 bridgehead atoms. The smallest absolute Gasteiger partial charge is 0.258 e. The third kappa shape index (κ3) is 11.5. The standard InChI is InChI=1S/C18H31NO4SSi.C18H31NO2SSi/c1-8-24(21,22)12-18(20)17-10-9-16(11-19-17)23-25(13(2)3,14(4)5)15(6)7;1-8-22-12-18(20)17-10-9-16(11-19-17)21-23(13(2)3,14(4)5)15(6)7/h9-11,13-15H,8,12H2,1-7H3;9-11,13-15H,8,12H2,1-7H3. The van der Waals surface area contributed by atoms with Crippen LogP contribution in [0.25, 0.3) is 0 Å². The molecule has 0 aliphatic carbocycles. The lowest BCUT2D eigenvalue weighted by Crippen LogP contribution is -2.50. The van der Waals surface area contributed by atoms with E-state index < -0.39 is 38.0 Å². The first-order valence-corrected chi connectivity index (χ1v) is 24.6. The second kappa shape index (κ2) is 19.4. The number of aromatic nitrogens is 2. The number of ketones is 2. The molecule has 8 nitrogen and oxygen atoms in total. The summed E-state index contributed by atoms with van der Waals surface area (Å²) >= 11 is 1.62. The zero-order valence-electron chi connectivity index (χ0n) is 31.9. The maximum atomic E-state index is 12.1. The Hall–Kier alpha value is -2.03. The zero-order chi connectivity index (χ0) is 37.0. The molecule has 0 aliphatic rings. The van der Waals surface area contributed by atoms with E-state index in [1.165, 1.54) is 6.92 Å². The lowest BCUT2D eigenvalue weighted by molar-refractivity contribution is 0.100. The Morgan fingerprint density at radius 3 is 1.27 bits per heavy atom. The highest BCUT2D eigenvalue weighted by Crippen LogP contribution is 2.43. The van der Waals surface area contributed by atoms with E-state index in [1.807, 2.05) is 6.07 Å². The Balaban J connectivity index is 0.000000482. The summed E-state index contributed by atoms with van der Waals surface area (Å²) in [6, 6.07) is 7.00. The molecule has 0 amide bonds. The fraction of sp³-hybridized carbons (Fsp3) is 0.667. The second-order valence-electron chi connectivity index (χ2n) is 14.3. The third-order valence-corrected chi connectivity index (χ3v) is 23.7. The highest BCUT2D eigenvalue weighted by molar-refractivity contribution is 7.99. The molecule has 48 heavy (non-hydrogen) atoms. The van der Waals surface area contributed by atoms with Crippen molar-refractivity contribution in [3.8, 4) is 11.5 Å². The molecule has 272 valence electrons. The first-order chi connectivity index (χ1) is 22.2. The summed E-state index contributed by atoms with van der Waals surface area (Å²) in [6.07, 6.45) is 3.26. The van der Waals surface area contributed by atoms with E-state index in [-0.39, 0.29) is 17.2 Å². The molecule has 0 fully saturated rings. The van der Waals surface area contributed by atoms with Gasteiger partial charge >= 0.3 is 0 Å². The minimum atomic E-state index is -3.35. The van der Waals surface area contributed by atoms with Crippen molar-refractivity contribution < 1.29 is 26.9 Å². The van der Waals surface area contributed by atoms with Gasteiger partial charge in [-0.25, -0.2) is 18.4 Å². The van der Waals surface area contributed by atoms with Crippen molar-refractivity contribution >= 4 is 49.8 Å². The topological polar surface area (TPSA) is 113 Å². The summed E-state index contributed by atoms with van der Waals surface area (Å²) in [6.45, 7) is 30.4. The third-order valence-electron chi connectivity index (χ3n) is 9.28. The molecule has 0 spiro atoms. The molecule has 2 rings (SSSR count). The van der Waals surface area contributed by atoms with Crippen molar-refractivity contribution in [2.75, 3.05) is 23.0 Å². The molecule has 12 heteroatoms. The lowest BCUT2D eigenvalue weighted by Gasteiger charge is -2.42. The van der Waals surface area contributed by atoms with Crippen LogP contribution in [0.3, 0.4) is 0 Å². The van der Waals surface area contributed by atoms with Gasteiger partial charge in [-0.15, -0.1) is 0 Å². The van der Waals surface area contributed by atoms with Crippen molar-refractivity contribution in [1.82, 2.24) is 9.97 Å². The van der Waals surface area contributed by atoms with Gasteiger partial charge in [0.1, 0.15) is 28.6 Å². The van der Waals surface area contributed by atoms with Crippen LogP contribution in [0.5, 0.6) is 11.5 Å². The van der Waals surface area contributed by atoms with Gasteiger partial charge in [0.2, 0.25) is 0 Å². The van der Waals surface area contributed by atoms with Crippen LogP contribution in [-0.4, -0.2) is 69.6 Å². The van der Waals surface area contributed by atoms with Gasteiger partial charge in [-0.3, -0.25) is 9.59 Å². The molecule has 0 aromatic carbocycles. The molecule has 0 N–H and O–H groups in total. The van der Waals surface area contributed by atoms with Crippen LogP contribution in [0.1, 0.15) is 118 Å². The molecule has 0 radical (unpaired) electrons. The number of sulfone groups is 1. The lowest BCUT2D eigenvalue weighted by atomic mass is 10.3. The highest BCUT2D eigenvalue weighted by atomic mass is 32.2. The van der Waals surface area contributed by atoms with E-state index in [0.717, 1.165) is 11.5 Å². The number of Topliss-reactive ketones (excluding diaryl/α,β-unsaturated/α-hetero) is 2. The maximum absolute atomic E-state index is 12.1. The summed E-state index contributed by atoms with van der Waals surface area (Å²) in [4.78, 5) is 32.5. The quantitative estimate of drug-likeness (QED) is 0.109. The summed E-state index contributed by atoms with van der Waals surface area (Å²) in [5.41, 5.74) is 3.55. The fourth-order valence-electron chi connectivity index (χ4n) is 6.97. The van der Waals surface area contributed by atoms with Crippen LogP contribution in [0, 0.1) is 0 Å². The van der Waals surface area contributed by atoms with Crippen LogP contribution in [0.4, 0.5) is 0 Å². The number of rotatable bonds is 18. The van der Waals surface area contributed by atoms with Gasteiger partial charge in [0.25, 0.3) is 16.6 Å². The number of thioether (sulfide) groups is 1. The second-order valence-corrected chi connectivity index (χ2v) is 28.6. The minimum absolute atomic E-state index is 0.0504. The number of pyridine rings is 2. The van der Waals surface area contributed by atoms with Gasteiger partial charge in [-0.1, -0.05) is 96.9 Å². The van der Waals surface area contributed by atoms with Gasteiger partial charge in [0.15, 0.2) is 21.4 Å². The average Bonchev–Trinajstić information content (AvgIpc) is 3.00. The molecule has 0 atom stereocenters. The van der Waals surface area contributed by atoms with Gasteiger partial charge in [0.05, 0.1) is 18.1 Å². The normalized spacial score (nSPS) is 12.6. The number of hydrogen-bond acceptors (Lipinski definition) is 9. The molecule has 2 aromatic rings. The van der Waals surface area contributed by atoms with Crippen LogP contribution in [-0.2, 0) is 9.84 Å². The molecule has 2 aromatic heterocycles. The van der Waals surface area contributed by atoms with E-state index in [4.69, 9.17) is 8.85 Å². The molecule has 0 saturated carbocycles. The van der Waals surface area contributed by atoms with E-state index in [9.17, 15) is 18.0 Å². The molecule has 2 heterocycles. The monoisotopic (exact) mass is 738 g/mol.